The first kappa shape index (κ1) is 14.8. The molecule has 0 spiro atoms. The lowest BCUT2D eigenvalue weighted by atomic mass is 9.95. The third kappa shape index (κ3) is 3.11. The average molecular weight is 290 g/mol. The van der Waals surface area contributed by atoms with Gasteiger partial charge in [-0.05, 0) is 43.1 Å². The Bertz CT molecular complexity index is 563. The number of nitrogens with two attached hydrogens (primary N) is 1. The summed E-state index contributed by atoms with van der Waals surface area (Å²) in [6, 6.07) is 9.80. The van der Waals surface area contributed by atoms with Gasteiger partial charge in [0.25, 0.3) is 0 Å². The number of hydrogen-bond donors (Lipinski definition) is 2. The van der Waals surface area contributed by atoms with Crippen LogP contribution in [0.1, 0.15) is 36.1 Å². The first-order chi connectivity index (χ1) is 9.65. The molecule has 2 aromatic rings. The Kier molecular flexibility index (Phi) is 4.99. The van der Waals surface area contributed by atoms with Gasteiger partial charge in [-0.15, -0.1) is 0 Å². The summed E-state index contributed by atoms with van der Waals surface area (Å²) in [5, 5.41) is 4.26. The Morgan fingerprint density at radius 3 is 2.70 bits per heavy atom. The van der Waals surface area contributed by atoms with E-state index in [1.54, 1.807) is 6.20 Å². The van der Waals surface area contributed by atoms with E-state index >= 15 is 0 Å². The molecule has 1 heterocycles. The van der Waals surface area contributed by atoms with Gasteiger partial charge in [-0.3, -0.25) is 0 Å². The number of nitrogens with zero attached hydrogens (tertiary/aromatic N) is 1. The van der Waals surface area contributed by atoms with Crippen molar-refractivity contribution in [2.45, 2.75) is 26.3 Å². The second-order valence-electron chi connectivity index (χ2n) is 4.84. The van der Waals surface area contributed by atoms with Gasteiger partial charge in [-0.25, -0.2) is 4.98 Å². The zero-order valence-electron chi connectivity index (χ0n) is 11.9. The van der Waals surface area contributed by atoms with E-state index in [1.807, 2.05) is 37.3 Å². The molecular formula is C16H20ClN3. The number of benzene rings is 1. The smallest absolute Gasteiger partial charge is 0.128 e. The molecule has 0 radical (unpaired) electrons. The van der Waals surface area contributed by atoms with E-state index in [0.717, 1.165) is 34.7 Å². The van der Waals surface area contributed by atoms with E-state index in [2.05, 4.69) is 17.2 Å². The fourth-order valence-corrected chi connectivity index (χ4v) is 2.58. The van der Waals surface area contributed by atoms with Crippen LogP contribution in [0.3, 0.4) is 0 Å². The number of nitrogens with one attached hydrogen (secondary N) is 1. The Labute approximate surface area is 125 Å². The molecule has 0 aliphatic carbocycles. The predicted molar refractivity (Wildman–Crippen MR) is 85.0 cm³/mol. The normalized spacial score (nSPS) is 12.3. The number of rotatable bonds is 5. The zero-order valence-corrected chi connectivity index (χ0v) is 12.6. The molecule has 0 saturated heterocycles. The lowest BCUT2D eigenvalue weighted by molar-refractivity contribution is 0.596. The van der Waals surface area contributed by atoms with E-state index in [9.17, 15) is 0 Å². The predicted octanol–water partition coefficient (Wildman–Crippen LogP) is 3.71. The van der Waals surface area contributed by atoms with Gasteiger partial charge in [0.15, 0.2) is 0 Å². The minimum absolute atomic E-state index is 0.0302. The summed E-state index contributed by atoms with van der Waals surface area (Å²) in [4.78, 5) is 4.22. The molecule has 4 heteroatoms. The molecule has 1 aromatic carbocycles. The molecule has 0 fully saturated rings. The summed E-state index contributed by atoms with van der Waals surface area (Å²) in [6.45, 7) is 5.07. The molecule has 0 bridgehead atoms. The maximum atomic E-state index is 6.35. The highest BCUT2D eigenvalue weighted by atomic mass is 35.5. The molecule has 1 atom stereocenters. The molecule has 1 aromatic heterocycles. The van der Waals surface area contributed by atoms with E-state index in [4.69, 9.17) is 17.3 Å². The number of halogens is 1. The van der Waals surface area contributed by atoms with Crippen molar-refractivity contribution in [1.82, 2.24) is 10.3 Å². The maximum absolute atomic E-state index is 6.35. The Morgan fingerprint density at radius 1 is 1.30 bits per heavy atom. The minimum Gasteiger partial charge on any atom is -0.383 e. The highest BCUT2D eigenvalue weighted by Gasteiger charge is 2.20. The van der Waals surface area contributed by atoms with Gasteiger partial charge >= 0.3 is 0 Å². The van der Waals surface area contributed by atoms with Crippen LogP contribution in [-0.2, 0) is 0 Å². The highest BCUT2D eigenvalue weighted by Crippen LogP contribution is 2.32. The van der Waals surface area contributed by atoms with Gasteiger partial charge < -0.3 is 11.1 Å². The van der Waals surface area contributed by atoms with Crippen molar-refractivity contribution in [3.63, 3.8) is 0 Å². The SMILES string of the molecule is CCCNC(c1ccccc1Cl)c1c(C)ccnc1N. The number of hydrogen-bond acceptors (Lipinski definition) is 3. The quantitative estimate of drug-likeness (QED) is 0.882. The molecular weight excluding hydrogens is 270 g/mol. The van der Waals surface area contributed by atoms with Crippen LogP contribution in [-0.4, -0.2) is 11.5 Å². The highest BCUT2D eigenvalue weighted by molar-refractivity contribution is 6.31. The topological polar surface area (TPSA) is 50.9 Å². The minimum atomic E-state index is -0.0302. The van der Waals surface area contributed by atoms with Crippen molar-refractivity contribution in [2.75, 3.05) is 12.3 Å². The first-order valence-corrected chi connectivity index (χ1v) is 7.21. The summed E-state index contributed by atoms with van der Waals surface area (Å²) < 4.78 is 0. The van der Waals surface area contributed by atoms with Crippen molar-refractivity contribution < 1.29 is 0 Å². The second-order valence-corrected chi connectivity index (χ2v) is 5.24. The van der Waals surface area contributed by atoms with Crippen LogP contribution in [0.2, 0.25) is 5.02 Å². The molecule has 0 amide bonds. The van der Waals surface area contributed by atoms with E-state index in [-0.39, 0.29) is 6.04 Å². The molecule has 0 saturated carbocycles. The molecule has 2 rings (SSSR count). The summed E-state index contributed by atoms with van der Waals surface area (Å²) in [6.07, 6.45) is 2.78. The third-order valence-electron chi connectivity index (χ3n) is 3.34. The molecule has 20 heavy (non-hydrogen) atoms. The molecule has 0 aliphatic rings. The lowest BCUT2D eigenvalue weighted by Gasteiger charge is -2.23. The summed E-state index contributed by atoms with van der Waals surface area (Å²) in [7, 11) is 0. The lowest BCUT2D eigenvalue weighted by Crippen LogP contribution is -2.25. The number of nitrogen functional groups attached to an aromatic ring is 1. The molecule has 3 N–H and O–H groups in total. The number of anilines is 1. The van der Waals surface area contributed by atoms with Crippen LogP contribution >= 0.6 is 11.6 Å². The monoisotopic (exact) mass is 289 g/mol. The van der Waals surface area contributed by atoms with Gasteiger partial charge in [-0.2, -0.15) is 0 Å². The van der Waals surface area contributed by atoms with Crippen molar-refractivity contribution in [1.29, 1.82) is 0 Å². The zero-order chi connectivity index (χ0) is 14.5. The van der Waals surface area contributed by atoms with Crippen molar-refractivity contribution >= 4 is 17.4 Å². The molecule has 3 nitrogen and oxygen atoms in total. The van der Waals surface area contributed by atoms with Crippen LogP contribution in [0.25, 0.3) is 0 Å². The van der Waals surface area contributed by atoms with Crippen LogP contribution in [0, 0.1) is 6.92 Å². The van der Waals surface area contributed by atoms with Crippen LogP contribution in [0.15, 0.2) is 36.5 Å². The standard InChI is InChI=1S/C16H20ClN3/c1-3-9-19-15(12-6-4-5-7-13(12)17)14-11(2)8-10-20-16(14)18/h4-8,10,15,19H,3,9H2,1-2H3,(H2,18,20). The molecule has 0 aliphatic heterocycles. The largest absolute Gasteiger partial charge is 0.383 e. The summed E-state index contributed by atoms with van der Waals surface area (Å²) >= 11 is 6.35. The van der Waals surface area contributed by atoms with Crippen LogP contribution < -0.4 is 11.1 Å². The fraction of sp³-hybridized carbons (Fsp3) is 0.312. The van der Waals surface area contributed by atoms with Crippen molar-refractivity contribution in [3.05, 3.63) is 58.2 Å². The summed E-state index contributed by atoms with van der Waals surface area (Å²) in [5.41, 5.74) is 9.25. The van der Waals surface area contributed by atoms with E-state index in [1.165, 1.54) is 0 Å². The van der Waals surface area contributed by atoms with Crippen molar-refractivity contribution in [2.24, 2.45) is 0 Å². The fourth-order valence-electron chi connectivity index (χ4n) is 2.33. The maximum Gasteiger partial charge on any atom is 0.128 e. The summed E-state index contributed by atoms with van der Waals surface area (Å²) in [5.74, 6) is 0.554. The Balaban J connectivity index is 2.50. The molecule has 106 valence electrons. The van der Waals surface area contributed by atoms with Gasteiger partial charge in [0.2, 0.25) is 0 Å². The van der Waals surface area contributed by atoms with Gasteiger partial charge in [0.1, 0.15) is 5.82 Å². The van der Waals surface area contributed by atoms with Crippen LogP contribution in [0.5, 0.6) is 0 Å². The Morgan fingerprint density at radius 2 is 2.05 bits per heavy atom. The third-order valence-corrected chi connectivity index (χ3v) is 3.69. The average Bonchev–Trinajstić information content (AvgIpc) is 2.43. The van der Waals surface area contributed by atoms with E-state index < -0.39 is 0 Å². The van der Waals surface area contributed by atoms with Gasteiger partial charge in [0.05, 0.1) is 6.04 Å². The van der Waals surface area contributed by atoms with Gasteiger partial charge in [-0.1, -0.05) is 36.7 Å². The first-order valence-electron chi connectivity index (χ1n) is 6.84. The number of aromatic nitrogens is 1. The van der Waals surface area contributed by atoms with Crippen LogP contribution in [0.4, 0.5) is 5.82 Å². The van der Waals surface area contributed by atoms with E-state index in [0.29, 0.717) is 5.82 Å². The molecule has 1 unspecified atom stereocenters. The second kappa shape index (κ2) is 6.73. The van der Waals surface area contributed by atoms with Gasteiger partial charge in [0, 0.05) is 16.8 Å². The number of pyridine rings is 1. The number of aryl methyl sites for hydroxylation is 1. The van der Waals surface area contributed by atoms with Crippen molar-refractivity contribution in [3.8, 4) is 0 Å². The Hall–Kier alpha value is -1.58.